The second-order valence-electron chi connectivity index (χ2n) is 5.83. The quantitative estimate of drug-likeness (QED) is 0.630. The zero-order valence-corrected chi connectivity index (χ0v) is 14.1. The third-order valence-corrected chi connectivity index (χ3v) is 4.11. The van der Waals surface area contributed by atoms with Crippen molar-refractivity contribution in [2.45, 2.75) is 19.3 Å². The van der Waals surface area contributed by atoms with Crippen LogP contribution in [0.3, 0.4) is 0 Å². The van der Waals surface area contributed by atoms with Crippen LogP contribution in [-0.2, 0) is 19.3 Å². The third kappa shape index (κ3) is 4.47. The summed E-state index contributed by atoms with van der Waals surface area (Å²) in [6.45, 7) is 2.50. The second kappa shape index (κ2) is 8.34. The summed E-state index contributed by atoms with van der Waals surface area (Å²) >= 11 is 0. The van der Waals surface area contributed by atoms with Gasteiger partial charge in [0.2, 0.25) is 0 Å². The highest BCUT2D eigenvalue weighted by atomic mass is 16.5. The van der Waals surface area contributed by atoms with Crippen LogP contribution in [0.2, 0.25) is 0 Å². The molecule has 2 heterocycles. The average Bonchev–Trinajstić information content (AvgIpc) is 3.09. The molecule has 5 nitrogen and oxygen atoms in total. The van der Waals surface area contributed by atoms with Crippen molar-refractivity contribution in [2.75, 3.05) is 26.7 Å². The van der Waals surface area contributed by atoms with Crippen molar-refractivity contribution < 1.29 is 4.74 Å². The van der Waals surface area contributed by atoms with Crippen LogP contribution in [-0.4, -0.2) is 37.7 Å². The van der Waals surface area contributed by atoms with E-state index in [-0.39, 0.29) is 0 Å². The summed E-state index contributed by atoms with van der Waals surface area (Å²) in [6, 6.07) is 10.5. The van der Waals surface area contributed by atoms with Crippen molar-refractivity contribution in [3.05, 3.63) is 59.4 Å². The molecule has 126 valence electrons. The van der Waals surface area contributed by atoms with Crippen LogP contribution in [0, 0.1) is 0 Å². The molecule has 0 atom stereocenters. The molecule has 1 aromatic heterocycles. The molecule has 1 aromatic carbocycles. The normalized spacial score (nSPS) is 13.3. The van der Waals surface area contributed by atoms with E-state index in [2.05, 4.69) is 44.9 Å². The molecule has 0 unspecified atom stereocenters. The number of aromatic nitrogens is 1. The Kier molecular flexibility index (Phi) is 5.66. The number of nitrogens with zero attached hydrogens (tertiary/aromatic N) is 2. The van der Waals surface area contributed by atoms with E-state index in [1.165, 1.54) is 16.7 Å². The number of ether oxygens (including phenoxy) is 1. The molecular weight excluding hydrogens is 300 g/mol. The molecule has 3 rings (SSSR count). The fourth-order valence-electron chi connectivity index (χ4n) is 2.81. The van der Waals surface area contributed by atoms with Crippen LogP contribution in [0.15, 0.2) is 47.7 Å². The SMILES string of the molecule is CN=C(NCCc1cccnc1)NCCc1ccc2c(c1)CCO2. The van der Waals surface area contributed by atoms with Gasteiger partial charge in [-0.1, -0.05) is 18.2 Å². The Morgan fingerprint density at radius 2 is 2.00 bits per heavy atom. The summed E-state index contributed by atoms with van der Waals surface area (Å²) in [5.74, 6) is 1.88. The maximum atomic E-state index is 5.55. The maximum absolute atomic E-state index is 5.55. The number of nitrogens with one attached hydrogen (secondary N) is 2. The topological polar surface area (TPSA) is 58.5 Å². The Hall–Kier alpha value is -2.56. The minimum absolute atomic E-state index is 0.810. The lowest BCUT2D eigenvalue weighted by Crippen LogP contribution is -2.39. The monoisotopic (exact) mass is 324 g/mol. The summed E-state index contributed by atoms with van der Waals surface area (Å²) in [5, 5.41) is 6.70. The van der Waals surface area contributed by atoms with Gasteiger partial charge in [-0.2, -0.15) is 0 Å². The number of hydrogen-bond acceptors (Lipinski definition) is 3. The molecule has 0 spiro atoms. The number of hydrogen-bond donors (Lipinski definition) is 2. The van der Waals surface area contributed by atoms with Gasteiger partial charge in [0.1, 0.15) is 5.75 Å². The molecular formula is C19H24N4O. The van der Waals surface area contributed by atoms with E-state index in [9.17, 15) is 0 Å². The Morgan fingerprint density at radius 1 is 1.17 bits per heavy atom. The molecule has 0 saturated heterocycles. The highest BCUT2D eigenvalue weighted by molar-refractivity contribution is 5.79. The van der Waals surface area contributed by atoms with Gasteiger partial charge in [-0.05, 0) is 41.7 Å². The van der Waals surface area contributed by atoms with Crippen molar-refractivity contribution in [3.63, 3.8) is 0 Å². The largest absolute Gasteiger partial charge is 0.493 e. The Balaban J connectivity index is 1.40. The Labute approximate surface area is 143 Å². The molecule has 5 heteroatoms. The number of rotatable bonds is 6. The summed E-state index contributed by atoms with van der Waals surface area (Å²) in [4.78, 5) is 8.39. The summed E-state index contributed by atoms with van der Waals surface area (Å²) in [6.07, 6.45) is 6.61. The lowest BCUT2D eigenvalue weighted by atomic mass is 10.1. The van der Waals surface area contributed by atoms with Gasteiger partial charge in [-0.15, -0.1) is 0 Å². The van der Waals surface area contributed by atoms with Gasteiger partial charge in [-0.3, -0.25) is 9.98 Å². The first-order valence-electron chi connectivity index (χ1n) is 8.43. The van der Waals surface area contributed by atoms with Crippen molar-refractivity contribution in [1.29, 1.82) is 0 Å². The molecule has 24 heavy (non-hydrogen) atoms. The van der Waals surface area contributed by atoms with Crippen LogP contribution in [0.25, 0.3) is 0 Å². The van der Waals surface area contributed by atoms with E-state index in [4.69, 9.17) is 4.74 Å². The molecule has 0 saturated carbocycles. The molecule has 2 N–H and O–H groups in total. The van der Waals surface area contributed by atoms with Crippen molar-refractivity contribution in [3.8, 4) is 5.75 Å². The van der Waals surface area contributed by atoms with E-state index in [1.54, 1.807) is 13.2 Å². The average molecular weight is 324 g/mol. The standard InChI is InChI=1S/C19H24N4O/c1-20-19(23-11-7-16-3-2-9-21-14-16)22-10-6-15-4-5-18-17(13-15)8-12-24-18/h2-5,9,13-14H,6-8,10-12H2,1H3,(H2,20,22,23). The van der Waals surface area contributed by atoms with Crippen molar-refractivity contribution >= 4 is 5.96 Å². The van der Waals surface area contributed by atoms with Crippen molar-refractivity contribution in [1.82, 2.24) is 15.6 Å². The van der Waals surface area contributed by atoms with E-state index >= 15 is 0 Å². The smallest absolute Gasteiger partial charge is 0.190 e. The Bertz CT molecular complexity index is 685. The molecule has 0 fully saturated rings. The fraction of sp³-hybridized carbons (Fsp3) is 0.368. The van der Waals surface area contributed by atoms with Crippen molar-refractivity contribution in [2.24, 2.45) is 4.99 Å². The predicted octanol–water partition coefficient (Wildman–Crippen LogP) is 1.97. The van der Waals surface area contributed by atoms with E-state index in [0.29, 0.717) is 0 Å². The van der Waals surface area contributed by atoms with Crippen LogP contribution in [0.4, 0.5) is 0 Å². The first-order chi connectivity index (χ1) is 11.8. The highest BCUT2D eigenvalue weighted by Gasteiger charge is 2.11. The molecule has 1 aliphatic rings. The predicted molar refractivity (Wildman–Crippen MR) is 96.7 cm³/mol. The van der Waals surface area contributed by atoms with Gasteiger partial charge < -0.3 is 15.4 Å². The van der Waals surface area contributed by atoms with Crippen LogP contribution < -0.4 is 15.4 Å². The maximum Gasteiger partial charge on any atom is 0.190 e. The van der Waals surface area contributed by atoms with Gasteiger partial charge in [0.15, 0.2) is 5.96 Å². The minimum atomic E-state index is 0.810. The summed E-state index contributed by atoms with van der Waals surface area (Å²) in [5.41, 5.74) is 3.88. The molecule has 1 aliphatic heterocycles. The first kappa shape index (κ1) is 16.3. The van der Waals surface area contributed by atoms with E-state index in [0.717, 1.165) is 50.7 Å². The zero-order valence-electron chi connectivity index (χ0n) is 14.1. The number of fused-ring (bicyclic) bond motifs is 1. The number of benzene rings is 1. The Morgan fingerprint density at radius 3 is 2.75 bits per heavy atom. The summed E-state index contributed by atoms with van der Waals surface area (Å²) in [7, 11) is 1.80. The second-order valence-corrected chi connectivity index (χ2v) is 5.83. The molecule has 0 amide bonds. The van der Waals surface area contributed by atoms with Gasteiger partial charge in [-0.25, -0.2) is 0 Å². The molecule has 0 radical (unpaired) electrons. The zero-order chi connectivity index (χ0) is 16.6. The number of aliphatic imine (C=N–C) groups is 1. The lowest BCUT2D eigenvalue weighted by Gasteiger charge is -2.12. The third-order valence-electron chi connectivity index (χ3n) is 4.11. The molecule has 2 aromatic rings. The molecule has 0 aliphatic carbocycles. The highest BCUT2D eigenvalue weighted by Crippen LogP contribution is 2.25. The fourth-order valence-corrected chi connectivity index (χ4v) is 2.81. The van der Waals surface area contributed by atoms with Gasteiger partial charge in [0.05, 0.1) is 6.61 Å². The van der Waals surface area contributed by atoms with Crippen LogP contribution >= 0.6 is 0 Å². The van der Waals surface area contributed by atoms with E-state index in [1.807, 2.05) is 12.3 Å². The lowest BCUT2D eigenvalue weighted by molar-refractivity contribution is 0.357. The first-order valence-corrected chi connectivity index (χ1v) is 8.43. The minimum Gasteiger partial charge on any atom is -0.493 e. The van der Waals surface area contributed by atoms with E-state index < -0.39 is 0 Å². The van der Waals surface area contributed by atoms with Crippen LogP contribution in [0.1, 0.15) is 16.7 Å². The van der Waals surface area contributed by atoms with Gasteiger partial charge >= 0.3 is 0 Å². The number of pyridine rings is 1. The number of guanidine groups is 1. The van der Waals surface area contributed by atoms with Crippen LogP contribution in [0.5, 0.6) is 5.75 Å². The molecule has 0 bridgehead atoms. The van der Waals surface area contributed by atoms with Gasteiger partial charge in [0, 0.05) is 39.0 Å². The summed E-state index contributed by atoms with van der Waals surface area (Å²) < 4.78 is 5.55. The van der Waals surface area contributed by atoms with Gasteiger partial charge in [0.25, 0.3) is 0 Å².